The number of furan rings is 1. The zero-order valence-electron chi connectivity index (χ0n) is 19.0. The summed E-state index contributed by atoms with van der Waals surface area (Å²) in [6, 6.07) is 13.7. The fourth-order valence-corrected chi connectivity index (χ4v) is 4.18. The van der Waals surface area contributed by atoms with Crippen LogP contribution < -0.4 is 10.3 Å². The normalized spacial score (nSPS) is 14.2. The molecule has 0 spiro atoms. The summed E-state index contributed by atoms with van der Waals surface area (Å²) in [5.74, 6) is 0.517. The first-order chi connectivity index (χ1) is 15.9. The minimum atomic E-state index is -0.313. The highest BCUT2D eigenvalue weighted by Gasteiger charge is 2.30. The number of aromatic nitrogens is 1. The molecule has 0 saturated carbocycles. The second-order valence-electron chi connectivity index (χ2n) is 8.04. The topological polar surface area (TPSA) is 85.0 Å². The van der Waals surface area contributed by atoms with E-state index in [1.54, 1.807) is 45.9 Å². The predicted octanol–water partition coefficient (Wildman–Crippen LogP) is 2.98. The Morgan fingerprint density at radius 2 is 1.85 bits per heavy atom. The first-order valence-electron chi connectivity index (χ1n) is 10.9. The molecular weight excluding hydrogens is 422 g/mol. The number of pyridine rings is 1. The Kier molecular flexibility index (Phi) is 6.35. The van der Waals surface area contributed by atoms with Gasteiger partial charge in [0, 0.05) is 50.4 Å². The summed E-state index contributed by atoms with van der Waals surface area (Å²) in [5.41, 5.74) is 1.25. The number of methoxy groups -OCH3 is 1. The van der Waals surface area contributed by atoms with Crippen molar-refractivity contribution in [2.75, 3.05) is 27.2 Å². The molecule has 0 radical (unpaired) electrons. The zero-order chi connectivity index (χ0) is 23.5. The van der Waals surface area contributed by atoms with Gasteiger partial charge in [-0.2, -0.15) is 0 Å². The molecule has 2 amide bonds. The van der Waals surface area contributed by atoms with Crippen molar-refractivity contribution in [3.8, 4) is 5.75 Å². The van der Waals surface area contributed by atoms with Gasteiger partial charge in [-0.3, -0.25) is 14.4 Å². The molecule has 0 N–H and O–H groups in total. The summed E-state index contributed by atoms with van der Waals surface area (Å²) in [5, 5.41) is 0. The van der Waals surface area contributed by atoms with E-state index in [-0.39, 0.29) is 29.2 Å². The number of nitrogens with zero attached hydrogens (tertiary/aromatic N) is 3. The maximum Gasteiger partial charge on any atom is 0.259 e. The van der Waals surface area contributed by atoms with Crippen LogP contribution in [0.1, 0.15) is 45.1 Å². The van der Waals surface area contributed by atoms with E-state index in [9.17, 15) is 14.4 Å². The van der Waals surface area contributed by atoms with Gasteiger partial charge < -0.3 is 23.5 Å². The quantitative estimate of drug-likeness (QED) is 0.598. The predicted molar refractivity (Wildman–Crippen MR) is 123 cm³/mol. The number of carbonyl (C=O) groups excluding carboxylic acids is 2. The molecule has 0 aliphatic carbocycles. The second kappa shape index (κ2) is 9.36. The van der Waals surface area contributed by atoms with Crippen molar-refractivity contribution in [1.82, 2.24) is 14.4 Å². The molecule has 172 valence electrons. The molecule has 1 aromatic carbocycles. The van der Waals surface area contributed by atoms with Crippen LogP contribution in [0.2, 0.25) is 0 Å². The molecular formula is C25H27N3O5. The molecule has 0 bridgehead atoms. The molecule has 1 atom stereocenters. The Morgan fingerprint density at radius 1 is 1.09 bits per heavy atom. The molecule has 0 unspecified atom stereocenters. The average molecular weight is 450 g/mol. The standard InChI is InChI=1S/C25H27N3O5/c1-17(20-10-7-15-33-20)26(2)25(31)23-19-11-12-27(24(30)18-8-5-4-6-9-18)13-14-28(19)22(29)16-21(23)32-3/h4-10,15-17H,11-14H2,1-3H3/t17-/m0/s1. The van der Waals surface area contributed by atoms with Crippen LogP contribution in [0.4, 0.5) is 0 Å². The highest BCUT2D eigenvalue weighted by Crippen LogP contribution is 2.28. The van der Waals surface area contributed by atoms with E-state index < -0.39 is 0 Å². The van der Waals surface area contributed by atoms with Gasteiger partial charge in [-0.05, 0) is 31.2 Å². The average Bonchev–Trinajstić information content (AvgIpc) is 3.29. The van der Waals surface area contributed by atoms with Crippen LogP contribution in [0, 0.1) is 0 Å². The minimum Gasteiger partial charge on any atom is -0.496 e. The summed E-state index contributed by atoms with van der Waals surface area (Å²) >= 11 is 0. The van der Waals surface area contributed by atoms with Crippen molar-refractivity contribution in [1.29, 1.82) is 0 Å². The third-order valence-corrected chi connectivity index (χ3v) is 6.19. The van der Waals surface area contributed by atoms with Crippen LogP contribution in [-0.4, -0.2) is 53.4 Å². The van der Waals surface area contributed by atoms with E-state index in [0.29, 0.717) is 48.6 Å². The van der Waals surface area contributed by atoms with Crippen LogP contribution in [0.15, 0.2) is 64.0 Å². The zero-order valence-corrected chi connectivity index (χ0v) is 19.0. The van der Waals surface area contributed by atoms with Gasteiger partial charge in [-0.1, -0.05) is 18.2 Å². The number of rotatable bonds is 5. The van der Waals surface area contributed by atoms with Crippen molar-refractivity contribution in [2.45, 2.75) is 25.9 Å². The number of amides is 2. The van der Waals surface area contributed by atoms with Gasteiger partial charge in [-0.25, -0.2) is 0 Å². The Hall–Kier alpha value is -3.81. The molecule has 8 heteroatoms. The molecule has 0 fully saturated rings. The largest absolute Gasteiger partial charge is 0.496 e. The van der Waals surface area contributed by atoms with E-state index in [1.807, 2.05) is 31.2 Å². The van der Waals surface area contributed by atoms with Crippen molar-refractivity contribution >= 4 is 11.8 Å². The Morgan fingerprint density at radius 3 is 2.52 bits per heavy atom. The number of fused-ring (bicyclic) bond motifs is 1. The van der Waals surface area contributed by atoms with E-state index in [2.05, 4.69) is 0 Å². The van der Waals surface area contributed by atoms with Crippen LogP contribution in [0.5, 0.6) is 5.75 Å². The number of ether oxygens (including phenoxy) is 1. The molecule has 0 saturated heterocycles. The van der Waals surface area contributed by atoms with Crippen molar-refractivity contribution in [3.05, 3.63) is 87.7 Å². The van der Waals surface area contributed by atoms with Gasteiger partial charge in [0.05, 0.1) is 19.4 Å². The maximum atomic E-state index is 13.6. The lowest BCUT2D eigenvalue weighted by atomic mass is 10.1. The summed E-state index contributed by atoms with van der Waals surface area (Å²) in [6.45, 7) is 2.93. The second-order valence-corrected chi connectivity index (χ2v) is 8.04. The number of hydrogen-bond donors (Lipinski definition) is 0. The van der Waals surface area contributed by atoms with Gasteiger partial charge in [0.1, 0.15) is 17.1 Å². The third kappa shape index (κ3) is 4.28. The minimum absolute atomic E-state index is 0.0974. The lowest BCUT2D eigenvalue weighted by molar-refractivity contribution is 0.0720. The fraction of sp³-hybridized carbons (Fsp3) is 0.320. The molecule has 33 heavy (non-hydrogen) atoms. The highest BCUT2D eigenvalue weighted by atomic mass is 16.5. The van der Waals surface area contributed by atoms with E-state index in [4.69, 9.17) is 9.15 Å². The monoisotopic (exact) mass is 449 g/mol. The van der Waals surface area contributed by atoms with Crippen molar-refractivity contribution in [2.24, 2.45) is 0 Å². The van der Waals surface area contributed by atoms with E-state index >= 15 is 0 Å². The number of hydrogen-bond acceptors (Lipinski definition) is 5. The van der Waals surface area contributed by atoms with Crippen molar-refractivity contribution in [3.63, 3.8) is 0 Å². The molecule has 1 aliphatic heterocycles. The van der Waals surface area contributed by atoms with Crippen LogP contribution in [0.25, 0.3) is 0 Å². The number of benzene rings is 1. The van der Waals surface area contributed by atoms with Gasteiger partial charge in [0.25, 0.3) is 17.4 Å². The van der Waals surface area contributed by atoms with Gasteiger partial charge in [-0.15, -0.1) is 0 Å². The van der Waals surface area contributed by atoms with Crippen LogP contribution >= 0.6 is 0 Å². The van der Waals surface area contributed by atoms with Crippen LogP contribution in [0.3, 0.4) is 0 Å². The van der Waals surface area contributed by atoms with Gasteiger partial charge >= 0.3 is 0 Å². The van der Waals surface area contributed by atoms with E-state index in [1.165, 1.54) is 13.2 Å². The van der Waals surface area contributed by atoms with Crippen LogP contribution in [-0.2, 0) is 13.0 Å². The molecule has 8 nitrogen and oxygen atoms in total. The first kappa shape index (κ1) is 22.4. The Labute approximate surface area is 192 Å². The fourth-order valence-electron chi connectivity index (χ4n) is 4.18. The highest BCUT2D eigenvalue weighted by molar-refractivity contribution is 5.98. The van der Waals surface area contributed by atoms with Crippen molar-refractivity contribution < 1.29 is 18.7 Å². The Balaban J connectivity index is 1.68. The summed E-state index contributed by atoms with van der Waals surface area (Å²) < 4.78 is 12.5. The van der Waals surface area contributed by atoms with E-state index in [0.717, 1.165) is 0 Å². The molecule has 2 aromatic heterocycles. The summed E-state index contributed by atoms with van der Waals surface area (Å²) in [7, 11) is 3.14. The molecule has 4 rings (SSSR count). The lowest BCUT2D eigenvalue weighted by Crippen LogP contribution is -2.34. The lowest BCUT2D eigenvalue weighted by Gasteiger charge is -2.26. The summed E-state index contributed by atoms with van der Waals surface area (Å²) in [6.07, 6.45) is 1.92. The summed E-state index contributed by atoms with van der Waals surface area (Å²) in [4.78, 5) is 42.7. The van der Waals surface area contributed by atoms with Gasteiger partial charge in [0.2, 0.25) is 0 Å². The third-order valence-electron chi connectivity index (χ3n) is 6.19. The molecule has 3 heterocycles. The molecule has 3 aromatic rings. The number of carbonyl (C=O) groups is 2. The molecule has 1 aliphatic rings. The first-order valence-corrected chi connectivity index (χ1v) is 10.9. The SMILES string of the molecule is COc1cc(=O)n2c(c1C(=O)N(C)[C@@H](C)c1ccco1)CCN(C(=O)c1ccccc1)CC2. The Bertz CT molecular complexity index is 1200. The van der Waals surface area contributed by atoms with Gasteiger partial charge in [0.15, 0.2) is 0 Å². The maximum absolute atomic E-state index is 13.6. The smallest absolute Gasteiger partial charge is 0.259 e.